The van der Waals surface area contributed by atoms with Crippen LogP contribution in [0.1, 0.15) is 0 Å². The van der Waals surface area contributed by atoms with E-state index in [0.29, 0.717) is 5.76 Å². The fourth-order valence-corrected chi connectivity index (χ4v) is 1.47. The molecule has 0 aliphatic carbocycles. The van der Waals surface area contributed by atoms with Gasteiger partial charge in [0.05, 0.1) is 5.69 Å². The summed E-state index contributed by atoms with van der Waals surface area (Å²) < 4.78 is 5.44. The minimum absolute atomic E-state index is 0.112. The summed E-state index contributed by atoms with van der Waals surface area (Å²) >= 11 is 0. The van der Waals surface area contributed by atoms with Crippen molar-refractivity contribution in [1.29, 1.82) is 0 Å². The molecular formula is C10H7NO2. The summed E-state index contributed by atoms with van der Waals surface area (Å²) in [4.78, 5) is 2.76. The second-order valence-corrected chi connectivity index (χ2v) is 3.00. The average Bonchev–Trinajstić information content (AvgIpc) is 2.16. The van der Waals surface area contributed by atoms with Crippen molar-refractivity contribution in [2.24, 2.45) is 0 Å². The topological polar surface area (TPSA) is 49.2 Å². The fourth-order valence-electron chi connectivity index (χ4n) is 1.47. The smallest absolute Gasteiger partial charge is 0.235 e. The molecule has 2 N–H and O–H groups in total. The van der Waals surface area contributed by atoms with Crippen molar-refractivity contribution < 1.29 is 9.52 Å². The zero-order chi connectivity index (χ0) is 8.84. The highest BCUT2D eigenvalue weighted by atomic mass is 16.4. The molecule has 0 bridgehead atoms. The van der Waals surface area contributed by atoms with Crippen LogP contribution in [0, 0.1) is 0 Å². The molecule has 1 aromatic carbocycles. The Morgan fingerprint density at radius 2 is 2.08 bits per heavy atom. The number of benzene rings is 1. The van der Waals surface area contributed by atoms with Crippen molar-refractivity contribution in [2.75, 3.05) is 0 Å². The largest absolute Gasteiger partial charge is 0.492 e. The van der Waals surface area contributed by atoms with Crippen molar-refractivity contribution in [3.05, 3.63) is 30.3 Å². The van der Waals surface area contributed by atoms with Gasteiger partial charge in [-0.2, -0.15) is 0 Å². The summed E-state index contributed by atoms with van der Waals surface area (Å²) in [6, 6.07) is 9.65. The van der Waals surface area contributed by atoms with E-state index < -0.39 is 0 Å². The number of aromatic nitrogens is 1. The third kappa shape index (κ3) is 0.783. The predicted octanol–water partition coefficient (Wildman–Crippen LogP) is 2.57. The number of hydrogen-bond acceptors (Lipinski definition) is 2. The molecule has 2 aliphatic rings. The Labute approximate surface area is 73.9 Å². The molecule has 0 saturated carbocycles. The zero-order valence-electron chi connectivity index (χ0n) is 6.74. The van der Waals surface area contributed by atoms with Gasteiger partial charge in [-0.3, -0.25) is 0 Å². The van der Waals surface area contributed by atoms with E-state index in [1.165, 1.54) is 0 Å². The van der Waals surface area contributed by atoms with E-state index in [1.807, 2.05) is 30.3 Å². The number of H-pyrrole nitrogens is 1. The quantitative estimate of drug-likeness (QED) is 0.548. The summed E-state index contributed by atoms with van der Waals surface area (Å²) in [5.41, 5.74) is 1.63. The van der Waals surface area contributed by atoms with E-state index in [2.05, 4.69) is 4.98 Å². The summed E-state index contributed by atoms with van der Waals surface area (Å²) in [5, 5.41) is 10.2. The van der Waals surface area contributed by atoms with E-state index in [0.717, 1.165) is 16.7 Å². The first-order valence-electron chi connectivity index (χ1n) is 4.04. The monoisotopic (exact) mass is 173 g/mol. The van der Waals surface area contributed by atoms with Gasteiger partial charge in [0.1, 0.15) is 5.58 Å². The fraction of sp³-hybridized carbons (Fsp3) is 0. The van der Waals surface area contributed by atoms with Crippen LogP contribution >= 0.6 is 0 Å². The van der Waals surface area contributed by atoms with Gasteiger partial charge in [0.2, 0.25) is 11.6 Å². The molecule has 64 valence electrons. The maximum Gasteiger partial charge on any atom is 0.235 e. The van der Waals surface area contributed by atoms with E-state index in [4.69, 9.17) is 4.42 Å². The Kier molecular flexibility index (Phi) is 1.05. The number of aromatic hydroxyl groups is 1. The van der Waals surface area contributed by atoms with Gasteiger partial charge in [-0.15, -0.1) is 0 Å². The van der Waals surface area contributed by atoms with Crippen LogP contribution in [0.3, 0.4) is 0 Å². The van der Waals surface area contributed by atoms with Crippen LogP contribution in [-0.4, -0.2) is 10.1 Å². The summed E-state index contributed by atoms with van der Waals surface area (Å²) in [6.07, 6.45) is 0. The summed E-state index contributed by atoms with van der Waals surface area (Å²) in [7, 11) is 0. The molecule has 0 aromatic heterocycles. The van der Waals surface area contributed by atoms with Crippen LogP contribution < -0.4 is 0 Å². The van der Waals surface area contributed by atoms with Crippen LogP contribution in [0.25, 0.3) is 22.4 Å². The van der Waals surface area contributed by atoms with Crippen molar-refractivity contribution >= 4 is 11.0 Å². The lowest BCUT2D eigenvalue weighted by atomic mass is 10.1. The van der Waals surface area contributed by atoms with Gasteiger partial charge < -0.3 is 14.5 Å². The second-order valence-electron chi connectivity index (χ2n) is 3.00. The molecular weight excluding hydrogens is 166 g/mol. The maximum atomic E-state index is 9.17. The molecule has 0 radical (unpaired) electrons. The Hall–Kier alpha value is -1.90. The van der Waals surface area contributed by atoms with E-state index in [1.54, 1.807) is 0 Å². The molecule has 0 spiro atoms. The molecule has 2 aliphatic heterocycles. The van der Waals surface area contributed by atoms with E-state index in [-0.39, 0.29) is 5.88 Å². The van der Waals surface area contributed by atoms with Crippen LogP contribution in [0.4, 0.5) is 0 Å². The lowest BCUT2D eigenvalue weighted by molar-refractivity contribution is 0.421. The average molecular weight is 173 g/mol. The third-order valence-electron chi connectivity index (χ3n) is 2.14. The SMILES string of the molecule is Oc1[nH]c2cc3ccccc3oc1-2. The van der Waals surface area contributed by atoms with Crippen LogP contribution in [0.15, 0.2) is 34.7 Å². The number of rotatable bonds is 0. The van der Waals surface area contributed by atoms with E-state index >= 15 is 0 Å². The molecule has 0 unspecified atom stereocenters. The molecule has 0 fully saturated rings. The first-order chi connectivity index (χ1) is 6.34. The Morgan fingerprint density at radius 3 is 2.92 bits per heavy atom. The molecule has 0 atom stereocenters. The van der Waals surface area contributed by atoms with Gasteiger partial charge in [0.15, 0.2) is 0 Å². The lowest BCUT2D eigenvalue weighted by Gasteiger charge is -2.12. The number of para-hydroxylation sites is 1. The van der Waals surface area contributed by atoms with Crippen molar-refractivity contribution in [3.63, 3.8) is 0 Å². The Morgan fingerprint density at radius 1 is 1.23 bits per heavy atom. The van der Waals surface area contributed by atoms with Gasteiger partial charge >= 0.3 is 0 Å². The van der Waals surface area contributed by atoms with Crippen LogP contribution in [-0.2, 0) is 0 Å². The molecule has 3 rings (SSSR count). The van der Waals surface area contributed by atoms with Gasteiger partial charge in [0, 0.05) is 5.39 Å². The maximum absolute atomic E-state index is 9.17. The zero-order valence-corrected chi connectivity index (χ0v) is 6.74. The molecule has 3 nitrogen and oxygen atoms in total. The Balaban J connectivity index is 2.47. The van der Waals surface area contributed by atoms with Crippen molar-refractivity contribution in [2.45, 2.75) is 0 Å². The first-order valence-corrected chi connectivity index (χ1v) is 4.04. The van der Waals surface area contributed by atoms with Gasteiger partial charge in [-0.1, -0.05) is 18.2 Å². The standard InChI is InChI=1S/C10H7NO2/c12-10-9-7(11-10)5-6-3-1-2-4-8(6)13-9/h1-5,11-12H. The minimum atomic E-state index is 0.112. The van der Waals surface area contributed by atoms with Gasteiger partial charge in [-0.05, 0) is 12.1 Å². The number of hydrogen-bond donors (Lipinski definition) is 2. The van der Waals surface area contributed by atoms with Crippen molar-refractivity contribution in [1.82, 2.24) is 4.98 Å². The van der Waals surface area contributed by atoms with Gasteiger partial charge in [-0.25, -0.2) is 0 Å². The summed E-state index contributed by atoms with van der Waals surface area (Å²) in [5.74, 6) is 0.652. The number of fused-ring (bicyclic) bond motifs is 2. The number of nitrogens with one attached hydrogen (secondary N) is 1. The van der Waals surface area contributed by atoms with Gasteiger partial charge in [0.25, 0.3) is 0 Å². The molecule has 0 amide bonds. The third-order valence-corrected chi connectivity index (χ3v) is 2.14. The van der Waals surface area contributed by atoms with E-state index in [9.17, 15) is 5.11 Å². The molecule has 0 saturated heterocycles. The molecule has 2 heterocycles. The predicted molar refractivity (Wildman–Crippen MR) is 48.9 cm³/mol. The second kappa shape index (κ2) is 2.07. The summed E-state index contributed by atoms with van der Waals surface area (Å²) in [6.45, 7) is 0. The normalized spacial score (nSPS) is 11.4. The lowest BCUT2D eigenvalue weighted by Crippen LogP contribution is -1.93. The highest BCUT2D eigenvalue weighted by molar-refractivity contribution is 5.83. The van der Waals surface area contributed by atoms with Crippen molar-refractivity contribution in [3.8, 4) is 17.3 Å². The molecule has 3 heteroatoms. The first kappa shape index (κ1) is 6.60. The highest BCUT2D eigenvalue weighted by Gasteiger charge is 2.17. The van der Waals surface area contributed by atoms with Crippen LogP contribution in [0.5, 0.6) is 5.88 Å². The van der Waals surface area contributed by atoms with Crippen LogP contribution in [0.2, 0.25) is 0 Å². The minimum Gasteiger partial charge on any atom is -0.492 e. The number of aromatic amines is 1. The molecule has 13 heavy (non-hydrogen) atoms. The highest BCUT2D eigenvalue weighted by Crippen LogP contribution is 2.36. The molecule has 1 aromatic rings. The Bertz CT molecular complexity index is 535.